The number of anilines is 2. The first kappa shape index (κ1) is 30.1. The van der Waals surface area contributed by atoms with E-state index in [9.17, 15) is 18.0 Å². The summed E-state index contributed by atoms with van der Waals surface area (Å²) in [5, 5.41) is 5.75. The van der Waals surface area contributed by atoms with Gasteiger partial charge in [-0.2, -0.15) is 4.31 Å². The Bertz CT molecular complexity index is 1710. The van der Waals surface area contributed by atoms with E-state index in [1.54, 1.807) is 30.2 Å². The number of likely N-dealkylation sites (tertiary alicyclic amines) is 1. The Morgan fingerprint density at radius 1 is 1.14 bits per heavy atom. The second-order valence-corrected chi connectivity index (χ2v) is 12.8. The molecular formula is C26H30ClN11O4S. The highest BCUT2D eigenvalue weighted by Crippen LogP contribution is 2.27. The van der Waals surface area contributed by atoms with E-state index < -0.39 is 21.5 Å². The second kappa shape index (κ2) is 11.7. The van der Waals surface area contributed by atoms with E-state index in [0.717, 1.165) is 5.69 Å². The maximum atomic E-state index is 13.4. The number of aliphatic imine (C=N–C) groups is 1. The molecule has 0 radical (unpaired) electrons. The van der Waals surface area contributed by atoms with E-state index in [-0.39, 0.29) is 51.4 Å². The molecule has 0 atom stereocenters. The summed E-state index contributed by atoms with van der Waals surface area (Å²) >= 11 is 5.88. The highest BCUT2D eigenvalue weighted by molar-refractivity contribution is 7.89. The maximum absolute atomic E-state index is 13.4. The number of nitrogens with one attached hydrogen (secondary N) is 2. The molecule has 4 heterocycles. The van der Waals surface area contributed by atoms with Crippen LogP contribution in [-0.2, 0) is 16.6 Å². The minimum atomic E-state index is -3.89. The number of guanidine groups is 1. The normalized spacial score (nSPS) is 16.2. The van der Waals surface area contributed by atoms with Gasteiger partial charge < -0.3 is 21.7 Å². The molecule has 2 aromatic heterocycles. The van der Waals surface area contributed by atoms with Crippen LogP contribution in [0.5, 0.6) is 0 Å². The molecule has 2 aliphatic heterocycles. The first-order chi connectivity index (χ1) is 20.4. The van der Waals surface area contributed by atoms with Crippen molar-refractivity contribution in [2.24, 2.45) is 4.99 Å². The monoisotopic (exact) mass is 627 g/mol. The van der Waals surface area contributed by atoms with Crippen molar-refractivity contribution >= 4 is 51.0 Å². The number of amides is 2. The van der Waals surface area contributed by atoms with Crippen LogP contribution in [0.1, 0.15) is 45.1 Å². The van der Waals surface area contributed by atoms with Crippen molar-refractivity contribution in [1.29, 1.82) is 0 Å². The van der Waals surface area contributed by atoms with E-state index in [1.165, 1.54) is 29.7 Å². The summed E-state index contributed by atoms with van der Waals surface area (Å²) in [5.41, 5.74) is 12.2. The number of nitrogens with zero attached hydrogens (tertiary/aromatic N) is 7. The topological polar surface area (TPSA) is 215 Å². The summed E-state index contributed by atoms with van der Waals surface area (Å²) in [6.07, 6.45) is 4.21. The van der Waals surface area contributed by atoms with Crippen molar-refractivity contribution in [3.8, 4) is 0 Å². The Labute approximate surface area is 252 Å². The van der Waals surface area contributed by atoms with E-state index in [0.29, 0.717) is 38.2 Å². The number of carbonyl (C=O) groups is 2. The molecule has 1 fully saturated rings. The SMILES string of the molecule is Cc1cnc(CN(C)S(=O)(=O)c2cccc(C(=O)N3CCC4(CC3)CN=C(NC(=O)c3nc(Cl)c(N)nc3N)N4)c2)cn1. The standard InChI is InChI=1S/C26H30ClN11O4S/c1-15-11-31-17(12-30-15)13-37(2)43(41,42)18-5-3-4-16(10-18)24(40)38-8-6-26(7-9-38)14-32-25(36-26)35-23(39)19-21(28)34-22(29)20(27)33-19/h3-5,10-12H,6-9,13-14H2,1-2H3,(H4,28,29,34)(H2,32,35,36,39). The molecule has 0 bridgehead atoms. The van der Waals surface area contributed by atoms with Gasteiger partial charge >= 0.3 is 0 Å². The highest BCUT2D eigenvalue weighted by Gasteiger charge is 2.40. The average molecular weight is 628 g/mol. The minimum absolute atomic E-state index is 0.00774. The molecule has 2 aliphatic rings. The summed E-state index contributed by atoms with van der Waals surface area (Å²) in [6.45, 7) is 3.02. The van der Waals surface area contributed by atoms with Gasteiger partial charge in [0.05, 0.1) is 41.1 Å². The highest BCUT2D eigenvalue weighted by atomic mass is 35.5. The van der Waals surface area contributed by atoms with Gasteiger partial charge in [-0.05, 0) is 38.0 Å². The molecule has 1 saturated heterocycles. The number of rotatable bonds is 6. The lowest BCUT2D eigenvalue weighted by Gasteiger charge is -2.39. The summed E-state index contributed by atoms with van der Waals surface area (Å²) in [6, 6.07) is 6.00. The molecule has 0 saturated carbocycles. The molecule has 3 aromatic rings. The van der Waals surface area contributed by atoms with Crippen molar-refractivity contribution in [3.05, 3.63) is 64.5 Å². The lowest BCUT2D eigenvalue weighted by atomic mass is 9.88. The molecule has 1 aromatic carbocycles. The number of carbonyl (C=O) groups excluding carboxylic acids is 2. The van der Waals surface area contributed by atoms with E-state index in [4.69, 9.17) is 23.1 Å². The number of nitrogen functional groups attached to an aromatic ring is 2. The first-order valence-electron chi connectivity index (χ1n) is 13.2. The summed E-state index contributed by atoms with van der Waals surface area (Å²) < 4.78 is 27.7. The van der Waals surface area contributed by atoms with Gasteiger partial charge in [0.2, 0.25) is 10.0 Å². The number of aryl methyl sites for hydroxylation is 1. The van der Waals surface area contributed by atoms with Gasteiger partial charge in [-0.25, -0.2) is 18.4 Å². The molecule has 0 aliphatic carbocycles. The zero-order valence-electron chi connectivity index (χ0n) is 23.4. The van der Waals surface area contributed by atoms with Gasteiger partial charge in [0.15, 0.2) is 28.4 Å². The fourth-order valence-electron chi connectivity index (χ4n) is 4.79. The van der Waals surface area contributed by atoms with Gasteiger partial charge in [0.1, 0.15) is 0 Å². The summed E-state index contributed by atoms with van der Waals surface area (Å²) in [7, 11) is -2.44. The van der Waals surface area contributed by atoms with Crippen molar-refractivity contribution in [2.75, 3.05) is 38.1 Å². The smallest absolute Gasteiger partial charge is 0.280 e. The van der Waals surface area contributed by atoms with Crippen LogP contribution >= 0.6 is 11.6 Å². The van der Waals surface area contributed by atoms with Gasteiger partial charge in [-0.15, -0.1) is 0 Å². The Balaban J connectivity index is 1.19. The number of sulfonamides is 1. The number of halogens is 1. The van der Waals surface area contributed by atoms with Crippen LogP contribution in [0.25, 0.3) is 0 Å². The van der Waals surface area contributed by atoms with E-state index in [2.05, 4.69) is 35.6 Å². The van der Waals surface area contributed by atoms with Crippen LogP contribution in [0, 0.1) is 6.92 Å². The van der Waals surface area contributed by atoms with Crippen LogP contribution in [0.4, 0.5) is 11.6 Å². The second-order valence-electron chi connectivity index (χ2n) is 10.4. The molecule has 5 rings (SSSR count). The summed E-state index contributed by atoms with van der Waals surface area (Å²) in [5.74, 6) is -0.918. The maximum Gasteiger partial charge on any atom is 0.280 e. The number of aromatic nitrogens is 4. The van der Waals surface area contributed by atoms with Crippen LogP contribution < -0.4 is 22.1 Å². The predicted octanol–water partition coefficient (Wildman–Crippen LogP) is 0.578. The third kappa shape index (κ3) is 6.35. The lowest BCUT2D eigenvalue weighted by molar-refractivity contribution is 0.0668. The molecule has 6 N–H and O–H groups in total. The van der Waals surface area contributed by atoms with Crippen LogP contribution in [0.2, 0.25) is 5.15 Å². The van der Waals surface area contributed by atoms with Crippen LogP contribution in [0.3, 0.4) is 0 Å². The van der Waals surface area contributed by atoms with Gasteiger partial charge in [0, 0.05) is 31.9 Å². The quantitative estimate of drug-likeness (QED) is 0.296. The van der Waals surface area contributed by atoms with Gasteiger partial charge in [0.25, 0.3) is 11.8 Å². The fourth-order valence-corrected chi connectivity index (χ4v) is 6.11. The molecule has 17 heteroatoms. The van der Waals surface area contributed by atoms with E-state index in [1.807, 2.05) is 0 Å². The fraction of sp³-hybridized carbons (Fsp3) is 0.346. The molecule has 43 heavy (non-hydrogen) atoms. The molecular weight excluding hydrogens is 598 g/mol. The van der Waals surface area contributed by atoms with Crippen molar-refractivity contribution in [1.82, 2.24) is 39.8 Å². The Morgan fingerprint density at radius 2 is 1.88 bits per heavy atom. The number of hydrogen-bond donors (Lipinski definition) is 4. The van der Waals surface area contributed by atoms with E-state index >= 15 is 0 Å². The zero-order valence-corrected chi connectivity index (χ0v) is 25.0. The number of nitrogens with two attached hydrogens (primary N) is 2. The zero-order chi connectivity index (χ0) is 30.9. The van der Waals surface area contributed by atoms with Crippen LogP contribution in [0.15, 0.2) is 46.5 Å². The Hall–Kier alpha value is -4.41. The largest absolute Gasteiger partial charge is 0.382 e. The number of hydrogen-bond acceptors (Lipinski definition) is 12. The summed E-state index contributed by atoms with van der Waals surface area (Å²) in [4.78, 5) is 48.2. The van der Waals surface area contributed by atoms with Crippen molar-refractivity contribution in [3.63, 3.8) is 0 Å². The van der Waals surface area contributed by atoms with Gasteiger partial charge in [-0.3, -0.25) is 29.9 Å². The Kier molecular flexibility index (Phi) is 8.18. The number of benzene rings is 1. The molecule has 226 valence electrons. The molecule has 2 amide bonds. The third-order valence-electron chi connectivity index (χ3n) is 7.29. The molecule has 0 unspecified atom stereocenters. The van der Waals surface area contributed by atoms with Crippen molar-refractivity contribution < 1.29 is 18.0 Å². The average Bonchev–Trinajstić information content (AvgIpc) is 3.37. The minimum Gasteiger partial charge on any atom is -0.382 e. The third-order valence-corrected chi connectivity index (χ3v) is 9.37. The van der Waals surface area contributed by atoms with Gasteiger partial charge in [-0.1, -0.05) is 17.7 Å². The number of piperidine rings is 1. The lowest BCUT2D eigenvalue weighted by Crippen LogP contribution is -2.57. The first-order valence-corrected chi connectivity index (χ1v) is 15.0. The predicted molar refractivity (Wildman–Crippen MR) is 159 cm³/mol. The van der Waals surface area contributed by atoms with Crippen LogP contribution in [-0.4, -0.2) is 87.6 Å². The molecule has 1 spiro atoms. The molecule has 15 nitrogen and oxygen atoms in total. The van der Waals surface area contributed by atoms with Crippen molar-refractivity contribution in [2.45, 2.75) is 36.7 Å². The Morgan fingerprint density at radius 3 is 2.58 bits per heavy atom.